The van der Waals surface area contributed by atoms with Crippen molar-refractivity contribution in [3.8, 4) is 0 Å². The van der Waals surface area contributed by atoms with E-state index in [9.17, 15) is 4.79 Å². The Labute approximate surface area is 254 Å². The number of Topliss-reactive ketones (excluding diaryl/α,β-unsaturated/α-hetero) is 1. The van der Waals surface area contributed by atoms with Crippen molar-refractivity contribution in [1.82, 2.24) is 0 Å². The van der Waals surface area contributed by atoms with Crippen LogP contribution in [-0.4, -0.2) is 5.78 Å². The summed E-state index contributed by atoms with van der Waals surface area (Å²) in [7, 11) is 0. The van der Waals surface area contributed by atoms with Crippen molar-refractivity contribution in [3.05, 3.63) is 93.7 Å². The van der Waals surface area contributed by atoms with Crippen LogP contribution in [0.25, 0.3) is 0 Å². The van der Waals surface area contributed by atoms with E-state index in [4.69, 9.17) is 0 Å². The van der Waals surface area contributed by atoms with Crippen molar-refractivity contribution in [1.29, 1.82) is 0 Å². The summed E-state index contributed by atoms with van der Waals surface area (Å²) in [6.45, 7) is 22.6. The summed E-state index contributed by atoms with van der Waals surface area (Å²) in [6.07, 6.45) is 31.7. The number of ketones is 1. The van der Waals surface area contributed by atoms with Gasteiger partial charge in [-0.2, -0.15) is 0 Å². The summed E-state index contributed by atoms with van der Waals surface area (Å²) in [5.41, 5.74) is 9.81. The van der Waals surface area contributed by atoms with Crippen LogP contribution in [0.5, 0.6) is 0 Å². The highest BCUT2D eigenvalue weighted by atomic mass is 16.1. The van der Waals surface area contributed by atoms with Crippen LogP contribution in [0.4, 0.5) is 0 Å². The van der Waals surface area contributed by atoms with Crippen LogP contribution in [-0.2, 0) is 4.79 Å². The summed E-state index contributed by atoms with van der Waals surface area (Å²) in [5.74, 6) is 0.925. The second kappa shape index (κ2) is 16.3. The van der Waals surface area contributed by atoms with Crippen molar-refractivity contribution in [3.63, 3.8) is 0 Å². The van der Waals surface area contributed by atoms with Gasteiger partial charge in [0.2, 0.25) is 0 Å². The van der Waals surface area contributed by atoms with Crippen molar-refractivity contribution in [2.45, 2.75) is 133 Å². The van der Waals surface area contributed by atoms with Crippen LogP contribution in [0.3, 0.4) is 0 Å². The molecule has 0 saturated heterocycles. The fourth-order valence-corrected chi connectivity index (χ4v) is 6.24. The van der Waals surface area contributed by atoms with Crippen LogP contribution in [0, 0.1) is 16.7 Å². The standard InChI is InChI=1S/C40H60O/c1-30(18-13-20-32(3)23-25-36-34(5)22-15-28-39(36,7)8)16-11-12-17-31(2)19-14-21-33(4)24-26-37-35(6)38(41)27-29-40(37,9)10/h11-12,16-17,21,23-26,32H,13-15,18-20,22,27-29H2,1-10H3/b12-11+,25-23+,26-24+,30-16+,31-17+,33-21+. The molecule has 1 unspecified atom stereocenters. The molecule has 2 aliphatic rings. The predicted octanol–water partition coefficient (Wildman–Crippen LogP) is 12.3. The van der Waals surface area contributed by atoms with E-state index in [-0.39, 0.29) is 5.41 Å². The lowest BCUT2D eigenvalue weighted by Crippen LogP contribution is -2.24. The van der Waals surface area contributed by atoms with E-state index in [0.29, 0.717) is 23.5 Å². The molecule has 2 rings (SSSR count). The molecule has 0 aliphatic heterocycles. The summed E-state index contributed by atoms with van der Waals surface area (Å²) >= 11 is 0. The molecule has 1 heteroatoms. The molecule has 0 N–H and O–H groups in total. The third-order valence-corrected chi connectivity index (χ3v) is 9.28. The topological polar surface area (TPSA) is 17.1 Å². The van der Waals surface area contributed by atoms with Crippen LogP contribution in [0.15, 0.2) is 93.7 Å². The largest absolute Gasteiger partial charge is 0.295 e. The molecule has 0 spiro atoms. The second-order valence-corrected chi connectivity index (χ2v) is 14.2. The lowest BCUT2D eigenvalue weighted by Gasteiger charge is -2.33. The van der Waals surface area contributed by atoms with E-state index in [0.717, 1.165) is 31.3 Å². The molecule has 1 nitrogen and oxygen atoms in total. The van der Waals surface area contributed by atoms with Gasteiger partial charge in [0.1, 0.15) is 0 Å². The molecule has 0 fully saturated rings. The average molecular weight is 557 g/mol. The number of allylic oxidation sites excluding steroid dienone is 16. The lowest BCUT2D eigenvalue weighted by atomic mass is 9.72. The maximum Gasteiger partial charge on any atom is 0.158 e. The van der Waals surface area contributed by atoms with Gasteiger partial charge in [-0.15, -0.1) is 0 Å². The fraction of sp³-hybridized carbons (Fsp3) is 0.575. The second-order valence-electron chi connectivity index (χ2n) is 14.2. The minimum atomic E-state index is 0.0757. The highest BCUT2D eigenvalue weighted by Crippen LogP contribution is 2.41. The summed E-state index contributed by atoms with van der Waals surface area (Å²) in [5, 5.41) is 0. The van der Waals surface area contributed by atoms with Crippen LogP contribution < -0.4 is 0 Å². The summed E-state index contributed by atoms with van der Waals surface area (Å²) in [4.78, 5) is 12.2. The average Bonchev–Trinajstić information content (AvgIpc) is 2.88. The Morgan fingerprint density at radius 2 is 1.49 bits per heavy atom. The molecule has 226 valence electrons. The van der Waals surface area contributed by atoms with Gasteiger partial charge >= 0.3 is 0 Å². The van der Waals surface area contributed by atoms with Gasteiger partial charge in [-0.3, -0.25) is 4.79 Å². The van der Waals surface area contributed by atoms with E-state index >= 15 is 0 Å². The quantitative estimate of drug-likeness (QED) is 0.206. The monoisotopic (exact) mass is 556 g/mol. The molecule has 0 aromatic carbocycles. The molecule has 0 radical (unpaired) electrons. The van der Waals surface area contributed by atoms with Gasteiger partial charge in [-0.1, -0.05) is 112 Å². The normalized spacial score (nSPS) is 21.7. The van der Waals surface area contributed by atoms with Gasteiger partial charge in [0, 0.05) is 6.42 Å². The molecule has 0 saturated carbocycles. The third-order valence-electron chi connectivity index (χ3n) is 9.28. The molecular weight excluding hydrogens is 496 g/mol. The zero-order chi connectivity index (χ0) is 30.6. The number of rotatable bonds is 13. The minimum absolute atomic E-state index is 0.0757. The van der Waals surface area contributed by atoms with Gasteiger partial charge in [-0.25, -0.2) is 0 Å². The zero-order valence-corrected chi connectivity index (χ0v) is 28.3. The van der Waals surface area contributed by atoms with Crippen LogP contribution in [0.1, 0.15) is 133 Å². The Balaban J connectivity index is 1.75. The van der Waals surface area contributed by atoms with Crippen molar-refractivity contribution in [2.24, 2.45) is 16.7 Å². The van der Waals surface area contributed by atoms with E-state index < -0.39 is 0 Å². The van der Waals surface area contributed by atoms with E-state index in [1.54, 1.807) is 11.1 Å². The molecule has 0 heterocycles. The van der Waals surface area contributed by atoms with E-state index in [1.807, 2.05) is 6.92 Å². The van der Waals surface area contributed by atoms with Crippen LogP contribution >= 0.6 is 0 Å². The Morgan fingerprint density at radius 1 is 0.854 bits per heavy atom. The van der Waals surface area contributed by atoms with Gasteiger partial charge in [0.15, 0.2) is 5.78 Å². The Hall–Kier alpha value is -2.41. The minimum Gasteiger partial charge on any atom is -0.295 e. The molecule has 0 amide bonds. The van der Waals surface area contributed by atoms with E-state index in [2.05, 4.69) is 117 Å². The van der Waals surface area contributed by atoms with Gasteiger partial charge < -0.3 is 0 Å². The predicted molar refractivity (Wildman–Crippen MR) is 182 cm³/mol. The van der Waals surface area contributed by atoms with Gasteiger partial charge in [0.25, 0.3) is 0 Å². The maximum absolute atomic E-state index is 12.2. The van der Waals surface area contributed by atoms with Gasteiger partial charge in [0.05, 0.1) is 0 Å². The molecule has 0 aromatic heterocycles. The molecular formula is C40H60O. The molecule has 1 atom stereocenters. The highest BCUT2D eigenvalue weighted by molar-refractivity contribution is 5.97. The van der Waals surface area contributed by atoms with Crippen LogP contribution in [0.2, 0.25) is 0 Å². The SMILES string of the molecule is CC1=C(/C=C/C(C)CCC/C(C)=C/C=C/C=C(\C)CC/C=C(C)/C=C/C2=C(C)C(=O)CCC2(C)C)C(C)(C)CCC1. The van der Waals surface area contributed by atoms with Gasteiger partial charge in [-0.05, 0) is 126 Å². The molecule has 2 aliphatic carbocycles. The van der Waals surface area contributed by atoms with Crippen molar-refractivity contribution in [2.75, 3.05) is 0 Å². The molecule has 0 bridgehead atoms. The summed E-state index contributed by atoms with van der Waals surface area (Å²) in [6, 6.07) is 0. The first-order valence-electron chi connectivity index (χ1n) is 16.2. The fourth-order valence-electron chi connectivity index (χ4n) is 6.24. The first kappa shape index (κ1) is 34.8. The zero-order valence-electron chi connectivity index (χ0n) is 28.3. The summed E-state index contributed by atoms with van der Waals surface area (Å²) < 4.78 is 0. The number of carbonyl (C=O) groups excluding carboxylic acids is 1. The first-order chi connectivity index (χ1) is 19.2. The third kappa shape index (κ3) is 11.8. The number of hydrogen-bond acceptors (Lipinski definition) is 1. The number of hydrogen-bond donors (Lipinski definition) is 0. The first-order valence-corrected chi connectivity index (χ1v) is 16.2. The molecule has 41 heavy (non-hydrogen) atoms. The van der Waals surface area contributed by atoms with E-state index in [1.165, 1.54) is 54.4 Å². The maximum atomic E-state index is 12.2. The Morgan fingerprint density at radius 3 is 2.15 bits per heavy atom. The highest BCUT2D eigenvalue weighted by Gasteiger charge is 2.30. The van der Waals surface area contributed by atoms with Crippen molar-refractivity contribution >= 4 is 5.78 Å². The Kier molecular flexibility index (Phi) is 13.8. The smallest absolute Gasteiger partial charge is 0.158 e. The lowest BCUT2D eigenvalue weighted by molar-refractivity contribution is -0.116. The number of carbonyl (C=O) groups is 1. The molecule has 0 aromatic rings. The van der Waals surface area contributed by atoms with Crippen molar-refractivity contribution < 1.29 is 4.79 Å². The Bertz CT molecular complexity index is 1150.